The molecule has 0 aromatic rings. The SMILES string of the molecule is CCCCCC(O)/C=C/C=C\C/C=C\CCCCC(=O)O. The molecule has 0 aliphatic heterocycles. The number of aliphatic hydroxyl groups excluding tert-OH is 1. The number of carboxylic acid groups (broad SMARTS) is 1. The lowest BCUT2D eigenvalue weighted by molar-refractivity contribution is -0.137. The molecule has 0 spiro atoms. The van der Waals surface area contributed by atoms with Crippen molar-refractivity contribution < 1.29 is 15.0 Å². The second-order valence-electron chi connectivity index (χ2n) is 5.22. The Morgan fingerprint density at radius 3 is 2.57 bits per heavy atom. The van der Waals surface area contributed by atoms with E-state index in [-0.39, 0.29) is 12.5 Å². The molecule has 120 valence electrons. The van der Waals surface area contributed by atoms with Gasteiger partial charge in [0, 0.05) is 6.42 Å². The molecule has 0 fully saturated rings. The van der Waals surface area contributed by atoms with Crippen LogP contribution in [0, 0.1) is 0 Å². The Balaban J connectivity index is 3.51. The van der Waals surface area contributed by atoms with Gasteiger partial charge in [-0.2, -0.15) is 0 Å². The summed E-state index contributed by atoms with van der Waals surface area (Å²) in [4.78, 5) is 10.3. The molecule has 0 amide bonds. The second-order valence-corrected chi connectivity index (χ2v) is 5.22. The summed E-state index contributed by atoms with van der Waals surface area (Å²) in [5.41, 5.74) is 0. The van der Waals surface area contributed by atoms with E-state index in [4.69, 9.17) is 5.11 Å². The zero-order valence-electron chi connectivity index (χ0n) is 13.2. The van der Waals surface area contributed by atoms with E-state index in [2.05, 4.69) is 19.1 Å². The molecule has 0 aromatic carbocycles. The minimum absolute atomic E-state index is 0.263. The van der Waals surface area contributed by atoms with E-state index < -0.39 is 5.97 Å². The van der Waals surface area contributed by atoms with Crippen LogP contribution < -0.4 is 0 Å². The fourth-order valence-electron chi connectivity index (χ4n) is 1.88. The Labute approximate surface area is 129 Å². The van der Waals surface area contributed by atoms with Crippen LogP contribution in [0.4, 0.5) is 0 Å². The summed E-state index contributed by atoms with van der Waals surface area (Å²) in [5.74, 6) is -0.717. The fraction of sp³-hybridized carbons (Fsp3) is 0.611. The Kier molecular flexibility index (Phi) is 14.1. The van der Waals surface area contributed by atoms with Gasteiger partial charge in [0.25, 0.3) is 0 Å². The van der Waals surface area contributed by atoms with Gasteiger partial charge in [-0.3, -0.25) is 4.79 Å². The molecular weight excluding hydrogens is 264 g/mol. The van der Waals surface area contributed by atoms with Crippen LogP contribution in [0.2, 0.25) is 0 Å². The molecule has 1 unspecified atom stereocenters. The quantitative estimate of drug-likeness (QED) is 0.296. The van der Waals surface area contributed by atoms with E-state index >= 15 is 0 Å². The molecule has 0 bridgehead atoms. The summed E-state index contributed by atoms with van der Waals surface area (Å²) < 4.78 is 0. The van der Waals surface area contributed by atoms with Crippen LogP contribution in [0.25, 0.3) is 0 Å². The highest BCUT2D eigenvalue weighted by Gasteiger charge is 1.96. The van der Waals surface area contributed by atoms with Gasteiger partial charge in [0.15, 0.2) is 0 Å². The lowest BCUT2D eigenvalue weighted by atomic mass is 10.1. The number of hydrogen-bond donors (Lipinski definition) is 2. The van der Waals surface area contributed by atoms with Crippen molar-refractivity contribution in [3.63, 3.8) is 0 Å². The number of aliphatic carboxylic acids is 1. The number of allylic oxidation sites excluding steroid dienone is 5. The number of carboxylic acids is 1. The molecule has 0 saturated carbocycles. The van der Waals surface area contributed by atoms with Crippen molar-refractivity contribution in [2.24, 2.45) is 0 Å². The van der Waals surface area contributed by atoms with E-state index in [9.17, 15) is 9.90 Å². The largest absolute Gasteiger partial charge is 0.481 e. The number of aliphatic hydroxyl groups is 1. The van der Waals surface area contributed by atoms with Crippen LogP contribution in [0.15, 0.2) is 36.5 Å². The highest BCUT2D eigenvalue weighted by atomic mass is 16.4. The number of carbonyl (C=O) groups is 1. The van der Waals surface area contributed by atoms with Crippen molar-refractivity contribution in [1.82, 2.24) is 0 Å². The normalized spacial score (nSPS) is 13.6. The lowest BCUT2D eigenvalue weighted by Gasteiger charge is -2.02. The molecule has 0 aliphatic rings. The van der Waals surface area contributed by atoms with E-state index in [1.165, 1.54) is 12.8 Å². The van der Waals surface area contributed by atoms with Gasteiger partial charge in [-0.1, -0.05) is 62.6 Å². The number of hydrogen-bond acceptors (Lipinski definition) is 2. The van der Waals surface area contributed by atoms with Crippen LogP contribution in [-0.4, -0.2) is 22.3 Å². The van der Waals surface area contributed by atoms with Crippen LogP contribution >= 0.6 is 0 Å². The predicted octanol–water partition coefficient (Wildman–Crippen LogP) is 4.63. The second kappa shape index (κ2) is 15.0. The average Bonchev–Trinajstić information content (AvgIpc) is 2.44. The Morgan fingerprint density at radius 1 is 1.05 bits per heavy atom. The number of unbranched alkanes of at least 4 members (excludes halogenated alkanes) is 4. The van der Waals surface area contributed by atoms with Crippen molar-refractivity contribution in [2.75, 3.05) is 0 Å². The van der Waals surface area contributed by atoms with Gasteiger partial charge in [0.1, 0.15) is 0 Å². The predicted molar refractivity (Wildman–Crippen MR) is 88.3 cm³/mol. The van der Waals surface area contributed by atoms with Gasteiger partial charge in [0.2, 0.25) is 0 Å². The third-order valence-corrected chi connectivity index (χ3v) is 3.13. The molecule has 1 atom stereocenters. The molecule has 0 radical (unpaired) electrons. The lowest BCUT2D eigenvalue weighted by Crippen LogP contribution is -2.00. The maximum Gasteiger partial charge on any atom is 0.303 e. The summed E-state index contributed by atoms with van der Waals surface area (Å²) in [6.45, 7) is 2.16. The Bertz CT molecular complexity index is 329. The Morgan fingerprint density at radius 2 is 1.86 bits per heavy atom. The summed E-state index contributed by atoms with van der Waals surface area (Å²) in [6.07, 6.45) is 19.6. The number of rotatable bonds is 13. The van der Waals surface area contributed by atoms with Crippen LogP contribution in [0.5, 0.6) is 0 Å². The highest BCUT2D eigenvalue weighted by molar-refractivity contribution is 5.66. The molecule has 0 saturated heterocycles. The molecule has 3 nitrogen and oxygen atoms in total. The van der Waals surface area contributed by atoms with Gasteiger partial charge >= 0.3 is 5.97 Å². The van der Waals surface area contributed by atoms with Crippen molar-refractivity contribution in [2.45, 2.75) is 70.8 Å². The summed E-state index contributed by atoms with van der Waals surface area (Å²) in [6, 6.07) is 0. The van der Waals surface area contributed by atoms with Gasteiger partial charge in [-0.25, -0.2) is 0 Å². The summed E-state index contributed by atoms with van der Waals surface area (Å²) in [7, 11) is 0. The van der Waals surface area contributed by atoms with Gasteiger partial charge in [-0.05, 0) is 32.1 Å². The summed E-state index contributed by atoms with van der Waals surface area (Å²) in [5, 5.41) is 18.1. The molecule has 21 heavy (non-hydrogen) atoms. The zero-order chi connectivity index (χ0) is 15.8. The molecule has 0 aliphatic carbocycles. The van der Waals surface area contributed by atoms with Crippen molar-refractivity contribution in [3.05, 3.63) is 36.5 Å². The maximum absolute atomic E-state index is 10.3. The topological polar surface area (TPSA) is 57.5 Å². The minimum atomic E-state index is -0.717. The van der Waals surface area contributed by atoms with Crippen LogP contribution in [-0.2, 0) is 4.79 Å². The van der Waals surface area contributed by atoms with Crippen LogP contribution in [0.1, 0.15) is 64.7 Å². The maximum atomic E-state index is 10.3. The summed E-state index contributed by atoms with van der Waals surface area (Å²) >= 11 is 0. The van der Waals surface area contributed by atoms with Crippen molar-refractivity contribution in [3.8, 4) is 0 Å². The van der Waals surface area contributed by atoms with Crippen molar-refractivity contribution in [1.29, 1.82) is 0 Å². The van der Waals surface area contributed by atoms with Crippen LogP contribution in [0.3, 0.4) is 0 Å². The molecule has 3 heteroatoms. The first-order valence-corrected chi connectivity index (χ1v) is 8.05. The first-order valence-electron chi connectivity index (χ1n) is 8.05. The van der Waals surface area contributed by atoms with Gasteiger partial charge < -0.3 is 10.2 Å². The third kappa shape index (κ3) is 16.6. The van der Waals surface area contributed by atoms with E-state index in [0.717, 1.165) is 38.5 Å². The average molecular weight is 294 g/mol. The smallest absolute Gasteiger partial charge is 0.303 e. The van der Waals surface area contributed by atoms with Gasteiger partial charge in [0.05, 0.1) is 6.10 Å². The molecule has 0 aromatic heterocycles. The highest BCUT2D eigenvalue weighted by Crippen LogP contribution is 2.04. The molecule has 2 N–H and O–H groups in total. The first kappa shape index (κ1) is 19.7. The molecule has 0 rings (SSSR count). The molecule has 0 heterocycles. The standard InChI is InChI=1S/C18H30O3/c1-2-3-11-14-17(19)15-12-9-7-5-4-6-8-10-13-16-18(20)21/h4,6-7,9,12,15,17,19H,2-3,5,8,10-11,13-14,16H2,1H3,(H,20,21)/b6-4-,9-7-,15-12+. The fourth-order valence-corrected chi connectivity index (χ4v) is 1.88. The third-order valence-electron chi connectivity index (χ3n) is 3.13. The zero-order valence-corrected chi connectivity index (χ0v) is 13.2. The van der Waals surface area contributed by atoms with Crippen molar-refractivity contribution >= 4 is 5.97 Å². The monoisotopic (exact) mass is 294 g/mol. The van der Waals surface area contributed by atoms with E-state index in [0.29, 0.717) is 0 Å². The Hall–Kier alpha value is -1.35. The first-order chi connectivity index (χ1) is 10.2. The van der Waals surface area contributed by atoms with Gasteiger partial charge in [-0.15, -0.1) is 0 Å². The van der Waals surface area contributed by atoms with E-state index in [1.54, 1.807) is 0 Å². The molecular formula is C18H30O3. The minimum Gasteiger partial charge on any atom is -0.481 e. The van der Waals surface area contributed by atoms with E-state index in [1.807, 2.05) is 24.3 Å².